The van der Waals surface area contributed by atoms with E-state index in [1.165, 1.54) is 0 Å². The number of methoxy groups -OCH3 is 1. The number of hydrogen-bond acceptors (Lipinski definition) is 6. The van der Waals surface area contributed by atoms with Crippen LogP contribution in [0.4, 0.5) is 5.69 Å². The Morgan fingerprint density at radius 3 is 2.07 bits per heavy atom. The lowest BCUT2D eigenvalue weighted by Gasteiger charge is -2.44. The molecule has 41 heavy (non-hydrogen) atoms. The second-order valence-electron chi connectivity index (χ2n) is 13.3. The Morgan fingerprint density at radius 2 is 1.49 bits per heavy atom. The number of amides is 1. The van der Waals surface area contributed by atoms with Crippen LogP contribution in [0, 0.1) is 24.7 Å². The minimum atomic E-state index is -0.469. The van der Waals surface area contributed by atoms with Crippen LogP contribution in [0.2, 0.25) is 0 Å². The summed E-state index contributed by atoms with van der Waals surface area (Å²) in [7, 11) is 1.54. The summed E-state index contributed by atoms with van der Waals surface area (Å²) in [6.07, 6.45) is 2.34. The fourth-order valence-electron chi connectivity index (χ4n) is 6.41. The van der Waals surface area contributed by atoms with Crippen molar-refractivity contribution in [1.82, 2.24) is 5.32 Å². The first-order chi connectivity index (χ1) is 19.3. The topological polar surface area (TPSA) is 93.7 Å². The molecule has 0 fully saturated rings. The Bertz CT molecular complexity index is 1460. The van der Waals surface area contributed by atoms with Crippen molar-refractivity contribution >= 4 is 23.2 Å². The smallest absolute Gasteiger partial charge is 0.262 e. The van der Waals surface area contributed by atoms with Crippen molar-refractivity contribution in [2.45, 2.75) is 73.1 Å². The first kappa shape index (κ1) is 28.7. The Labute approximate surface area is 242 Å². The molecule has 0 atom stereocenters. The van der Waals surface area contributed by atoms with Crippen LogP contribution in [0.15, 0.2) is 58.9 Å². The minimum absolute atomic E-state index is 0.0698. The molecule has 1 aliphatic heterocycles. The van der Waals surface area contributed by atoms with Crippen molar-refractivity contribution < 1.29 is 23.9 Å². The van der Waals surface area contributed by atoms with E-state index < -0.39 is 5.92 Å². The van der Waals surface area contributed by atoms with Gasteiger partial charge in [-0.15, -0.1) is 0 Å². The Morgan fingerprint density at radius 1 is 0.878 bits per heavy atom. The third-order valence-corrected chi connectivity index (χ3v) is 8.27. The van der Waals surface area contributed by atoms with Crippen molar-refractivity contribution in [1.29, 1.82) is 0 Å². The summed E-state index contributed by atoms with van der Waals surface area (Å²) in [6, 6.07) is 11.4. The van der Waals surface area contributed by atoms with Crippen molar-refractivity contribution in [3.05, 3.63) is 75.6 Å². The van der Waals surface area contributed by atoms with E-state index in [4.69, 9.17) is 9.47 Å². The van der Waals surface area contributed by atoms with Gasteiger partial charge in [0.05, 0.1) is 7.11 Å². The zero-order valence-electron chi connectivity index (χ0n) is 25.1. The number of Topliss-reactive ketones (excluding diaryl/α,β-unsaturated/α-hetero) is 2. The van der Waals surface area contributed by atoms with Gasteiger partial charge >= 0.3 is 0 Å². The minimum Gasteiger partial charge on any atom is -0.493 e. The highest BCUT2D eigenvalue weighted by molar-refractivity contribution is 6.06. The number of nitrogens with one attached hydrogen (secondary N) is 2. The highest BCUT2D eigenvalue weighted by atomic mass is 16.5. The van der Waals surface area contributed by atoms with Gasteiger partial charge in [-0.1, -0.05) is 45.9 Å². The van der Waals surface area contributed by atoms with Crippen LogP contribution in [-0.4, -0.2) is 31.2 Å². The standard InChI is InChI=1S/C34H40N2O5/c1-19-8-9-20(2)22(12-19)36-29(39)18-41-27-11-10-21(13-28(27)40-7)30-31-23(14-33(3,4)16-25(31)37)35-24-15-34(5,6)17-26(38)32(24)30/h8-13,30,35H,14-18H2,1-7H3,(H,36,39). The molecule has 1 heterocycles. The van der Waals surface area contributed by atoms with Gasteiger partial charge in [-0.05, 0) is 72.4 Å². The third kappa shape index (κ3) is 5.81. The molecule has 2 aromatic carbocycles. The molecule has 5 rings (SSSR count). The number of allylic oxidation sites excluding steroid dienone is 4. The Hall–Kier alpha value is -3.87. The van der Waals surface area contributed by atoms with Gasteiger partial charge in [0.1, 0.15) is 0 Å². The second-order valence-corrected chi connectivity index (χ2v) is 13.3. The average Bonchev–Trinajstić information content (AvgIpc) is 2.86. The monoisotopic (exact) mass is 556 g/mol. The third-order valence-electron chi connectivity index (χ3n) is 8.27. The maximum atomic E-state index is 13.6. The van der Waals surface area contributed by atoms with Gasteiger partial charge < -0.3 is 20.1 Å². The number of ketones is 2. The van der Waals surface area contributed by atoms with Crippen LogP contribution in [0.5, 0.6) is 11.5 Å². The lowest BCUT2D eigenvalue weighted by molar-refractivity contribution is -0.119. The summed E-state index contributed by atoms with van der Waals surface area (Å²) in [4.78, 5) is 39.9. The van der Waals surface area contributed by atoms with Gasteiger partial charge in [-0.3, -0.25) is 14.4 Å². The maximum absolute atomic E-state index is 13.6. The Balaban J connectivity index is 1.46. The van der Waals surface area contributed by atoms with Gasteiger partial charge in [-0.25, -0.2) is 0 Å². The van der Waals surface area contributed by atoms with E-state index in [9.17, 15) is 14.4 Å². The van der Waals surface area contributed by atoms with E-state index in [-0.39, 0.29) is 34.9 Å². The molecule has 7 heteroatoms. The number of carbonyl (C=O) groups is 3. The first-order valence-electron chi connectivity index (χ1n) is 14.2. The van der Waals surface area contributed by atoms with Gasteiger partial charge in [0.15, 0.2) is 29.7 Å². The quantitative estimate of drug-likeness (QED) is 0.434. The van der Waals surface area contributed by atoms with E-state index in [0.717, 1.165) is 46.6 Å². The predicted molar refractivity (Wildman–Crippen MR) is 159 cm³/mol. The molecule has 0 spiro atoms. The maximum Gasteiger partial charge on any atom is 0.262 e. The molecule has 2 N–H and O–H groups in total. The fourth-order valence-corrected chi connectivity index (χ4v) is 6.41. The van der Waals surface area contributed by atoms with Gasteiger partial charge in [0.25, 0.3) is 5.91 Å². The van der Waals surface area contributed by atoms with Gasteiger partial charge in [0, 0.05) is 47.0 Å². The SMILES string of the molecule is COc1cc(C2C3=C(CC(C)(C)CC3=O)NC3=C2C(=O)CC(C)(C)C3)ccc1OCC(=O)Nc1cc(C)ccc1C. The van der Waals surface area contributed by atoms with Gasteiger partial charge in [0.2, 0.25) is 0 Å². The fraction of sp³-hybridized carbons (Fsp3) is 0.441. The highest BCUT2D eigenvalue weighted by Gasteiger charge is 2.46. The Kier molecular flexibility index (Phi) is 7.35. The van der Waals surface area contributed by atoms with Crippen molar-refractivity contribution in [3.63, 3.8) is 0 Å². The van der Waals surface area contributed by atoms with Gasteiger partial charge in [-0.2, -0.15) is 0 Å². The van der Waals surface area contributed by atoms with E-state index in [1.54, 1.807) is 13.2 Å². The zero-order valence-corrected chi connectivity index (χ0v) is 25.1. The summed E-state index contributed by atoms with van der Waals surface area (Å²) in [6.45, 7) is 12.2. The van der Waals surface area contributed by atoms with E-state index in [1.807, 2.05) is 44.2 Å². The number of anilines is 1. The van der Waals surface area contributed by atoms with Crippen molar-refractivity contribution in [2.75, 3.05) is 19.0 Å². The summed E-state index contributed by atoms with van der Waals surface area (Å²) < 4.78 is 11.6. The molecule has 0 saturated heterocycles. The molecule has 7 nitrogen and oxygen atoms in total. The van der Waals surface area contributed by atoms with Crippen LogP contribution in [0.25, 0.3) is 0 Å². The molecule has 0 unspecified atom stereocenters. The average molecular weight is 557 g/mol. The largest absolute Gasteiger partial charge is 0.493 e. The van der Waals surface area contributed by atoms with Crippen LogP contribution >= 0.6 is 0 Å². The number of carbonyl (C=O) groups excluding carboxylic acids is 3. The molecule has 0 bridgehead atoms. The molecule has 3 aliphatic rings. The van der Waals surface area contributed by atoms with Crippen LogP contribution in [0.1, 0.15) is 76.0 Å². The summed E-state index contributed by atoms with van der Waals surface area (Å²) in [5.41, 5.74) is 6.46. The molecular formula is C34H40N2O5. The predicted octanol–water partition coefficient (Wildman–Crippen LogP) is 6.30. The molecule has 216 valence electrons. The number of hydrogen-bond donors (Lipinski definition) is 2. The number of rotatable bonds is 6. The van der Waals surface area contributed by atoms with Crippen molar-refractivity contribution in [3.8, 4) is 11.5 Å². The molecule has 2 aliphatic carbocycles. The number of benzene rings is 2. The van der Waals surface area contributed by atoms with Crippen LogP contribution in [-0.2, 0) is 14.4 Å². The van der Waals surface area contributed by atoms with E-state index >= 15 is 0 Å². The molecule has 0 aromatic heterocycles. The molecular weight excluding hydrogens is 516 g/mol. The van der Waals surface area contributed by atoms with E-state index in [0.29, 0.717) is 35.5 Å². The lowest BCUT2D eigenvalue weighted by Crippen LogP contribution is -2.42. The summed E-state index contributed by atoms with van der Waals surface area (Å²) >= 11 is 0. The molecule has 2 aromatic rings. The molecule has 0 radical (unpaired) electrons. The van der Waals surface area contributed by atoms with Crippen molar-refractivity contribution in [2.24, 2.45) is 10.8 Å². The summed E-state index contributed by atoms with van der Waals surface area (Å²) in [5.74, 6) is 0.247. The molecule has 0 saturated carbocycles. The second kappa shape index (κ2) is 10.5. The summed E-state index contributed by atoms with van der Waals surface area (Å²) in [5, 5.41) is 6.45. The number of aryl methyl sites for hydroxylation is 2. The lowest BCUT2D eigenvalue weighted by atomic mass is 9.64. The molecule has 1 amide bonds. The van der Waals surface area contributed by atoms with Crippen LogP contribution in [0.3, 0.4) is 0 Å². The number of dihydropyridines is 1. The zero-order chi connectivity index (χ0) is 29.7. The normalized spacial score (nSPS) is 19.8. The highest BCUT2D eigenvalue weighted by Crippen LogP contribution is 2.51. The van der Waals surface area contributed by atoms with E-state index in [2.05, 4.69) is 38.3 Å². The number of ether oxygens (including phenoxy) is 2. The first-order valence-corrected chi connectivity index (χ1v) is 14.2. The van der Waals surface area contributed by atoms with Crippen LogP contribution < -0.4 is 20.1 Å².